The van der Waals surface area contributed by atoms with Crippen LogP contribution < -0.4 is 5.32 Å². The van der Waals surface area contributed by atoms with Gasteiger partial charge in [0.1, 0.15) is 0 Å². The van der Waals surface area contributed by atoms with Crippen LogP contribution in [0.5, 0.6) is 0 Å². The van der Waals surface area contributed by atoms with Crippen molar-refractivity contribution in [1.29, 1.82) is 0 Å². The first-order valence-corrected chi connectivity index (χ1v) is 8.02. The minimum absolute atomic E-state index is 0.0480. The van der Waals surface area contributed by atoms with Gasteiger partial charge in [-0.1, -0.05) is 12.1 Å². The van der Waals surface area contributed by atoms with Crippen molar-refractivity contribution in [2.45, 2.75) is 19.8 Å². The monoisotopic (exact) mass is 374 g/mol. The van der Waals surface area contributed by atoms with Crippen LogP contribution >= 0.6 is 0 Å². The summed E-state index contributed by atoms with van der Waals surface area (Å²) in [5, 5.41) is 13.9. The summed E-state index contributed by atoms with van der Waals surface area (Å²) in [5.74, 6) is -2.60. The van der Waals surface area contributed by atoms with E-state index in [1.54, 1.807) is 13.8 Å². The highest BCUT2D eigenvalue weighted by atomic mass is 16.6. The average molecular weight is 374 g/mol. The highest BCUT2D eigenvalue weighted by Crippen LogP contribution is 2.39. The van der Waals surface area contributed by atoms with Crippen molar-refractivity contribution in [3.05, 3.63) is 62.5 Å². The van der Waals surface area contributed by atoms with Crippen LogP contribution in [0.25, 0.3) is 0 Å². The van der Waals surface area contributed by atoms with E-state index in [9.17, 15) is 24.5 Å². The molecule has 1 heterocycles. The Morgan fingerprint density at radius 1 is 1.30 bits per heavy atom. The van der Waals surface area contributed by atoms with E-state index in [1.165, 1.54) is 31.4 Å². The topological polar surface area (TPSA) is 125 Å². The summed E-state index contributed by atoms with van der Waals surface area (Å²) in [4.78, 5) is 47.0. The number of dihydropyridines is 1. The van der Waals surface area contributed by atoms with Gasteiger partial charge in [-0.3, -0.25) is 14.9 Å². The Morgan fingerprint density at radius 2 is 2.00 bits per heavy atom. The van der Waals surface area contributed by atoms with Crippen LogP contribution in [0.4, 0.5) is 5.69 Å². The summed E-state index contributed by atoms with van der Waals surface area (Å²) in [6.07, 6.45) is 0.439. The van der Waals surface area contributed by atoms with Gasteiger partial charge in [0.05, 0.1) is 41.4 Å². The van der Waals surface area contributed by atoms with E-state index in [-0.39, 0.29) is 34.7 Å². The van der Waals surface area contributed by atoms with Crippen LogP contribution in [0, 0.1) is 10.1 Å². The maximum atomic E-state index is 12.5. The predicted molar refractivity (Wildman–Crippen MR) is 93.4 cm³/mol. The summed E-state index contributed by atoms with van der Waals surface area (Å²) in [6.45, 7) is 3.19. The first-order valence-electron chi connectivity index (χ1n) is 8.02. The number of esters is 2. The zero-order valence-electron chi connectivity index (χ0n) is 15.0. The lowest BCUT2D eigenvalue weighted by molar-refractivity contribution is -0.384. The smallest absolute Gasteiger partial charge is 0.337 e. The fourth-order valence-electron chi connectivity index (χ4n) is 2.91. The molecule has 1 N–H and O–H groups in total. The molecule has 0 radical (unpaired) electrons. The van der Waals surface area contributed by atoms with Crippen molar-refractivity contribution >= 4 is 23.9 Å². The quantitative estimate of drug-likeness (QED) is 0.345. The first-order chi connectivity index (χ1) is 12.8. The van der Waals surface area contributed by atoms with Gasteiger partial charge in [0.15, 0.2) is 6.29 Å². The number of hydrogen-bond acceptors (Lipinski definition) is 8. The van der Waals surface area contributed by atoms with Gasteiger partial charge in [0.2, 0.25) is 0 Å². The average Bonchev–Trinajstić information content (AvgIpc) is 2.66. The Morgan fingerprint density at radius 3 is 2.56 bits per heavy atom. The molecule has 9 heteroatoms. The second kappa shape index (κ2) is 8.26. The molecule has 1 aliphatic rings. The Labute approximate surface area is 154 Å². The fourth-order valence-corrected chi connectivity index (χ4v) is 2.91. The van der Waals surface area contributed by atoms with E-state index in [2.05, 4.69) is 5.32 Å². The summed E-state index contributed by atoms with van der Waals surface area (Å²) in [7, 11) is 1.18. The fraction of sp³-hybridized carbons (Fsp3) is 0.278. The number of nitrogens with zero attached hydrogens (tertiary/aromatic N) is 1. The number of rotatable bonds is 6. The minimum Gasteiger partial charge on any atom is -0.466 e. The van der Waals surface area contributed by atoms with Crippen LogP contribution in [0.2, 0.25) is 0 Å². The van der Waals surface area contributed by atoms with Crippen LogP contribution in [-0.2, 0) is 23.9 Å². The highest BCUT2D eigenvalue weighted by molar-refractivity contribution is 6.03. The molecule has 142 valence electrons. The van der Waals surface area contributed by atoms with Crippen LogP contribution in [0.1, 0.15) is 25.3 Å². The maximum Gasteiger partial charge on any atom is 0.337 e. The molecule has 0 fully saturated rings. The van der Waals surface area contributed by atoms with Gasteiger partial charge in [0.25, 0.3) is 5.69 Å². The largest absolute Gasteiger partial charge is 0.466 e. The number of benzene rings is 1. The molecule has 1 aromatic carbocycles. The lowest BCUT2D eigenvalue weighted by Gasteiger charge is -2.29. The molecule has 1 aliphatic heterocycles. The molecule has 1 unspecified atom stereocenters. The van der Waals surface area contributed by atoms with Gasteiger partial charge in [-0.2, -0.15) is 0 Å². The Bertz CT molecular complexity index is 870. The van der Waals surface area contributed by atoms with E-state index in [0.717, 1.165) is 0 Å². The molecule has 0 aromatic heterocycles. The van der Waals surface area contributed by atoms with Crippen LogP contribution in [0.15, 0.2) is 46.8 Å². The van der Waals surface area contributed by atoms with Gasteiger partial charge in [-0.05, 0) is 19.4 Å². The third-order valence-electron chi connectivity index (χ3n) is 4.03. The summed E-state index contributed by atoms with van der Waals surface area (Å²) in [5.41, 5.74) is 0.241. The molecular weight excluding hydrogens is 356 g/mol. The zero-order chi connectivity index (χ0) is 20.1. The van der Waals surface area contributed by atoms with E-state index in [1.807, 2.05) is 0 Å². The number of carbonyl (C=O) groups excluding carboxylic acids is 3. The van der Waals surface area contributed by atoms with Crippen molar-refractivity contribution in [3.8, 4) is 0 Å². The van der Waals surface area contributed by atoms with Crippen molar-refractivity contribution in [2.75, 3.05) is 13.7 Å². The zero-order valence-corrected chi connectivity index (χ0v) is 15.0. The molecule has 1 atom stereocenters. The lowest BCUT2D eigenvalue weighted by atomic mass is 9.80. The predicted octanol–water partition coefficient (Wildman–Crippen LogP) is 1.74. The van der Waals surface area contributed by atoms with Gasteiger partial charge in [-0.25, -0.2) is 9.59 Å². The number of nitro groups is 1. The molecule has 1 aromatic rings. The van der Waals surface area contributed by atoms with Crippen molar-refractivity contribution in [1.82, 2.24) is 5.32 Å². The number of carbonyl (C=O) groups is 3. The molecule has 0 saturated heterocycles. The minimum atomic E-state index is -1.06. The first kappa shape index (κ1) is 19.8. The van der Waals surface area contributed by atoms with Gasteiger partial charge in [-0.15, -0.1) is 0 Å². The Hall–Kier alpha value is -3.49. The SMILES string of the molecule is CCOC(=O)C1=C(C=O)NC(C)=C(C(=O)OC)C1c1cccc([N+](=O)[O-])c1. The summed E-state index contributed by atoms with van der Waals surface area (Å²) >= 11 is 0. The number of nitro benzene ring substituents is 1. The lowest BCUT2D eigenvalue weighted by Crippen LogP contribution is -2.33. The number of methoxy groups -OCH3 is 1. The second-order valence-corrected chi connectivity index (χ2v) is 5.61. The van der Waals surface area contributed by atoms with Gasteiger partial charge in [0, 0.05) is 17.8 Å². The molecule has 0 bridgehead atoms. The summed E-state index contributed by atoms with van der Waals surface area (Å²) in [6, 6.07) is 5.49. The molecular formula is C18H18N2O7. The van der Waals surface area contributed by atoms with E-state index in [0.29, 0.717) is 12.0 Å². The normalized spacial score (nSPS) is 16.5. The van der Waals surface area contributed by atoms with Crippen molar-refractivity contribution < 1.29 is 28.8 Å². The summed E-state index contributed by atoms with van der Waals surface area (Å²) < 4.78 is 9.85. The second-order valence-electron chi connectivity index (χ2n) is 5.61. The van der Waals surface area contributed by atoms with Crippen LogP contribution in [-0.4, -0.2) is 36.9 Å². The standard InChI is InChI=1S/C18H18N2O7/c1-4-27-18(23)16-13(9-21)19-10(2)14(17(22)26-3)15(16)11-6-5-7-12(8-11)20(24)25/h5-9,15,19H,4H2,1-3H3. The molecule has 27 heavy (non-hydrogen) atoms. The highest BCUT2D eigenvalue weighted by Gasteiger charge is 2.39. The number of allylic oxidation sites excluding steroid dienone is 2. The van der Waals surface area contributed by atoms with Gasteiger partial charge >= 0.3 is 11.9 Å². The molecule has 0 saturated carbocycles. The third kappa shape index (κ3) is 3.86. The number of nitrogens with one attached hydrogen (secondary N) is 1. The van der Waals surface area contributed by atoms with E-state index in [4.69, 9.17) is 9.47 Å². The van der Waals surface area contributed by atoms with Crippen molar-refractivity contribution in [3.63, 3.8) is 0 Å². The number of hydrogen-bond donors (Lipinski definition) is 1. The Kier molecular flexibility index (Phi) is 6.07. The maximum absolute atomic E-state index is 12.5. The molecule has 9 nitrogen and oxygen atoms in total. The molecule has 0 spiro atoms. The molecule has 0 amide bonds. The van der Waals surface area contributed by atoms with E-state index < -0.39 is 22.8 Å². The van der Waals surface area contributed by atoms with Crippen LogP contribution in [0.3, 0.4) is 0 Å². The number of non-ortho nitro benzene ring substituents is 1. The third-order valence-corrected chi connectivity index (χ3v) is 4.03. The van der Waals surface area contributed by atoms with Gasteiger partial charge < -0.3 is 14.8 Å². The van der Waals surface area contributed by atoms with Crippen molar-refractivity contribution in [2.24, 2.45) is 0 Å². The van der Waals surface area contributed by atoms with E-state index >= 15 is 0 Å². The number of ether oxygens (including phenoxy) is 2. The Balaban J connectivity index is 2.76. The molecule has 2 rings (SSSR count). The number of aldehydes is 1. The molecule has 0 aliphatic carbocycles.